The number of benzene rings is 1. The monoisotopic (exact) mass is 607 g/mol. The number of carbonyl (C=O) groups is 1. The molecule has 16 heteroatoms. The molecule has 0 unspecified atom stereocenters. The molecule has 2 fully saturated rings. The minimum absolute atomic E-state index is 0.00202. The number of nitrogen functional groups attached to an aromatic ring is 1. The molecule has 0 amide bonds. The van der Waals surface area contributed by atoms with Crippen LogP contribution in [0.15, 0.2) is 36.7 Å². The van der Waals surface area contributed by atoms with Crippen LogP contribution in [0.5, 0.6) is 5.75 Å². The van der Waals surface area contributed by atoms with Gasteiger partial charge in [0.1, 0.15) is 24.1 Å². The molecule has 5 N–H and O–H groups in total. The van der Waals surface area contributed by atoms with Crippen LogP contribution in [0.4, 0.5) is 16.2 Å². The van der Waals surface area contributed by atoms with Crippen LogP contribution in [-0.2, 0) is 23.4 Å². The fourth-order valence-electron chi connectivity index (χ4n) is 4.53. The zero-order valence-electron chi connectivity index (χ0n) is 23.4. The molecule has 42 heavy (non-hydrogen) atoms. The number of aliphatic hydroxyl groups excluding tert-OH is 1. The van der Waals surface area contributed by atoms with Crippen LogP contribution in [0.3, 0.4) is 0 Å². The summed E-state index contributed by atoms with van der Waals surface area (Å²) in [5, 5.41) is 16.8. The standard InChI is InChI=1S/C26H35FN7O7P/c1-14(2)39-25(36)15(3)33-42(37,41-17-7-5-4-6-8-17)38-12-19-21(35)18(11-27)24(40-19)34-13-29-20-22(30-16-9-10-16)31-26(28)32-23(20)34/h4-8,13-16,18-19,21,24,35H,9-12H2,1-3H3,(H,33,37)(H3,28,30,31,32)/t15-,18+,19-,21+,24-,42-/m1/s1. The highest BCUT2D eigenvalue weighted by atomic mass is 31.2. The smallest absolute Gasteiger partial charge is 0.459 e. The Morgan fingerprint density at radius 2 is 2.00 bits per heavy atom. The number of esters is 1. The zero-order valence-corrected chi connectivity index (χ0v) is 24.3. The molecule has 1 aliphatic heterocycles. The van der Waals surface area contributed by atoms with Gasteiger partial charge in [-0.2, -0.15) is 15.1 Å². The summed E-state index contributed by atoms with van der Waals surface area (Å²) in [7, 11) is -4.24. The first-order valence-corrected chi connectivity index (χ1v) is 15.2. The van der Waals surface area contributed by atoms with Gasteiger partial charge >= 0.3 is 13.7 Å². The average Bonchev–Trinajstić information content (AvgIpc) is 3.56. The van der Waals surface area contributed by atoms with E-state index < -0.39 is 63.5 Å². The van der Waals surface area contributed by atoms with Crippen LogP contribution in [0.25, 0.3) is 11.2 Å². The number of halogens is 1. The average molecular weight is 608 g/mol. The van der Waals surface area contributed by atoms with Gasteiger partial charge in [0, 0.05) is 6.04 Å². The lowest BCUT2D eigenvalue weighted by molar-refractivity contribution is -0.149. The van der Waals surface area contributed by atoms with Gasteiger partial charge in [0.2, 0.25) is 5.95 Å². The first kappa shape index (κ1) is 30.1. The SMILES string of the molecule is CC(C)OC(=O)[C@@H](C)N[P@@](=O)(OC[C@H]1O[C@@H](n2cnc3c(NC4CC4)nc(N)nc32)[C@@H](CF)[C@@H]1O)Oc1ccccc1. The van der Waals surface area contributed by atoms with E-state index in [1.165, 1.54) is 17.8 Å². The Bertz CT molecular complexity index is 1440. The maximum atomic E-state index is 14.3. The number of aromatic nitrogens is 4. The number of nitrogens with one attached hydrogen (secondary N) is 2. The summed E-state index contributed by atoms with van der Waals surface area (Å²) in [4.78, 5) is 25.3. The lowest BCUT2D eigenvalue weighted by Crippen LogP contribution is -2.37. The Balaban J connectivity index is 1.35. The van der Waals surface area contributed by atoms with Gasteiger partial charge in [0.15, 0.2) is 17.0 Å². The van der Waals surface area contributed by atoms with E-state index in [0.717, 1.165) is 12.8 Å². The quantitative estimate of drug-likeness (QED) is 0.164. The third kappa shape index (κ3) is 6.81. The molecule has 14 nitrogen and oxygen atoms in total. The first-order chi connectivity index (χ1) is 20.1. The Labute approximate surface area is 241 Å². The van der Waals surface area contributed by atoms with Crippen molar-refractivity contribution in [3.63, 3.8) is 0 Å². The van der Waals surface area contributed by atoms with Crippen molar-refractivity contribution in [3.8, 4) is 5.75 Å². The van der Waals surface area contributed by atoms with Crippen molar-refractivity contribution in [1.82, 2.24) is 24.6 Å². The number of imidazole rings is 1. The second kappa shape index (κ2) is 12.5. The molecular weight excluding hydrogens is 572 g/mol. The molecule has 2 aromatic heterocycles. The van der Waals surface area contributed by atoms with E-state index in [-0.39, 0.29) is 17.7 Å². The number of alkyl halides is 1. The number of fused-ring (bicyclic) bond motifs is 1. The highest BCUT2D eigenvalue weighted by Gasteiger charge is 2.47. The first-order valence-electron chi connectivity index (χ1n) is 13.7. The summed E-state index contributed by atoms with van der Waals surface area (Å²) >= 11 is 0. The number of aliphatic hydroxyl groups is 1. The summed E-state index contributed by atoms with van der Waals surface area (Å²) in [6, 6.07) is 7.43. The summed E-state index contributed by atoms with van der Waals surface area (Å²) < 4.78 is 52.2. The molecule has 228 valence electrons. The third-order valence-corrected chi connectivity index (χ3v) is 8.39. The lowest BCUT2D eigenvalue weighted by Gasteiger charge is -2.25. The number of carbonyl (C=O) groups excluding carboxylic acids is 1. The van der Waals surface area contributed by atoms with Crippen molar-refractivity contribution in [2.45, 2.75) is 70.2 Å². The molecular formula is C26H35FN7O7P. The van der Waals surface area contributed by atoms with Gasteiger partial charge in [0.25, 0.3) is 0 Å². The van der Waals surface area contributed by atoms with Gasteiger partial charge in [-0.15, -0.1) is 0 Å². The third-order valence-electron chi connectivity index (χ3n) is 6.74. The Hall–Kier alpha value is -3.36. The molecule has 2 aliphatic rings. The molecule has 1 aromatic carbocycles. The lowest BCUT2D eigenvalue weighted by atomic mass is 10.0. The normalized spacial score (nSPS) is 24.4. The van der Waals surface area contributed by atoms with Crippen LogP contribution in [0, 0.1) is 5.92 Å². The van der Waals surface area contributed by atoms with Crippen LogP contribution < -0.4 is 20.7 Å². The molecule has 3 aromatic rings. The molecule has 0 bridgehead atoms. The summed E-state index contributed by atoms with van der Waals surface area (Å²) in [5.74, 6) is -1.02. The van der Waals surface area contributed by atoms with Gasteiger partial charge in [-0.25, -0.2) is 9.55 Å². The number of rotatable bonds is 13. The van der Waals surface area contributed by atoms with E-state index in [9.17, 15) is 18.9 Å². The molecule has 5 rings (SSSR count). The molecule has 0 radical (unpaired) electrons. The highest BCUT2D eigenvalue weighted by Crippen LogP contribution is 2.47. The van der Waals surface area contributed by atoms with E-state index in [4.69, 9.17) is 24.3 Å². The van der Waals surface area contributed by atoms with Crippen LogP contribution in [0.2, 0.25) is 0 Å². The van der Waals surface area contributed by atoms with Gasteiger partial charge < -0.3 is 30.2 Å². The minimum Gasteiger partial charge on any atom is -0.462 e. The second-order valence-corrected chi connectivity index (χ2v) is 12.3. The van der Waals surface area contributed by atoms with Crippen molar-refractivity contribution >= 4 is 36.6 Å². The highest BCUT2D eigenvalue weighted by molar-refractivity contribution is 7.52. The van der Waals surface area contributed by atoms with Crippen LogP contribution in [0.1, 0.15) is 39.8 Å². The summed E-state index contributed by atoms with van der Waals surface area (Å²) in [6.07, 6.45) is -0.478. The number of anilines is 2. The molecule has 6 atom stereocenters. The summed E-state index contributed by atoms with van der Waals surface area (Å²) in [6.45, 7) is 3.42. The number of hydrogen-bond acceptors (Lipinski definition) is 12. The van der Waals surface area contributed by atoms with Gasteiger partial charge in [0.05, 0.1) is 37.7 Å². The largest absolute Gasteiger partial charge is 0.462 e. The molecule has 3 heterocycles. The number of nitrogens with two attached hydrogens (primary N) is 1. The van der Waals surface area contributed by atoms with Crippen molar-refractivity contribution in [2.75, 3.05) is 24.3 Å². The molecule has 1 saturated heterocycles. The molecule has 0 spiro atoms. The Morgan fingerprint density at radius 1 is 1.26 bits per heavy atom. The van der Waals surface area contributed by atoms with Crippen molar-refractivity contribution in [1.29, 1.82) is 0 Å². The topological polar surface area (TPSA) is 185 Å². The summed E-state index contributed by atoms with van der Waals surface area (Å²) in [5.41, 5.74) is 6.68. The second-order valence-electron chi connectivity index (χ2n) is 10.6. The van der Waals surface area contributed by atoms with Gasteiger partial charge in [-0.05, 0) is 45.7 Å². The van der Waals surface area contributed by atoms with E-state index >= 15 is 0 Å². The number of hydrogen-bond donors (Lipinski definition) is 4. The zero-order chi connectivity index (χ0) is 30.0. The number of nitrogens with zero attached hydrogens (tertiary/aromatic N) is 4. The predicted octanol–water partition coefficient (Wildman–Crippen LogP) is 2.96. The van der Waals surface area contributed by atoms with Crippen molar-refractivity contribution in [2.24, 2.45) is 5.92 Å². The Kier molecular flexibility index (Phi) is 8.94. The van der Waals surface area contributed by atoms with Crippen LogP contribution in [-0.4, -0.2) is 74.3 Å². The van der Waals surface area contributed by atoms with Crippen molar-refractivity contribution in [3.05, 3.63) is 36.7 Å². The number of ether oxygens (including phenoxy) is 2. The van der Waals surface area contributed by atoms with Gasteiger partial charge in [-0.1, -0.05) is 18.2 Å². The maximum Gasteiger partial charge on any atom is 0.459 e. The fourth-order valence-corrected chi connectivity index (χ4v) is 6.03. The van der Waals surface area contributed by atoms with E-state index in [1.54, 1.807) is 44.2 Å². The molecule has 1 saturated carbocycles. The maximum absolute atomic E-state index is 14.3. The predicted molar refractivity (Wildman–Crippen MR) is 150 cm³/mol. The Morgan fingerprint density at radius 3 is 2.67 bits per heavy atom. The minimum atomic E-state index is -4.24. The van der Waals surface area contributed by atoms with E-state index in [1.807, 2.05) is 0 Å². The molecule has 1 aliphatic carbocycles. The van der Waals surface area contributed by atoms with E-state index in [2.05, 4.69) is 25.4 Å². The number of para-hydroxylation sites is 1. The van der Waals surface area contributed by atoms with E-state index in [0.29, 0.717) is 17.0 Å². The fraction of sp³-hybridized carbons (Fsp3) is 0.538. The van der Waals surface area contributed by atoms with Gasteiger partial charge in [-0.3, -0.25) is 18.3 Å². The van der Waals surface area contributed by atoms with Crippen molar-refractivity contribution < 1.29 is 37.4 Å². The van der Waals surface area contributed by atoms with Crippen LogP contribution >= 0.6 is 7.75 Å².